The van der Waals surface area contributed by atoms with Gasteiger partial charge in [0.2, 0.25) is 5.95 Å². The standard InChI is InChI=1S/C16H20N6/c1-4-9-17-16-20-14(13-10-18-22(3)15(13)21-16)19-12-7-5-11(2)6-8-12/h5-8,10H,4,9H2,1-3H3,(H2,17,19,20,21). The number of hydrogen-bond acceptors (Lipinski definition) is 5. The van der Waals surface area contributed by atoms with E-state index in [0.717, 1.165) is 35.5 Å². The Balaban J connectivity index is 2.00. The smallest absolute Gasteiger partial charge is 0.226 e. The lowest BCUT2D eigenvalue weighted by molar-refractivity contribution is 0.785. The van der Waals surface area contributed by atoms with Crippen LogP contribution in [-0.2, 0) is 7.05 Å². The predicted octanol–water partition coefficient (Wildman–Crippen LogP) is 3.24. The largest absolute Gasteiger partial charge is 0.354 e. The number of hydrogen-bond donors (Lipinski definition) is 2. The summed E-state index contributed by atoms with van der Waals surface area (Å²) in [5, 5.41) is 11.8. The molecule has 2 N–H and O–H groups in total. The Hall–Kier alpha value is -2.63. The molecule has 1 aromatic carbocycles. The van der Waals surface area contributed by atoms with Crippen LogP contribution in [0.15, 0.2) is 30.5 Å². The molecular weight excluding hydrogens is 276 g/mol. The van der Waals surface area contributed by atoms with Gasteiger partial charge in [0, 0.05) is 19.3 Å². The highest BCUT2D eigenvalue weighted by atomic mass is 15.3. The van der Waals surface area contributed by atoms with Gasteiger partial charge in [0.05, 0.1) is 11.6 Å². The van der Waals surface area contributed by atoms with Gasteiger partial charge in [-0.2, -0.15) is 15.1 Å². The van der Waals surface area contributed by atoms with Crippen LogP contribution in [0.25, 0.3) is 11.0 Å². The van der Waals surface area contributed by atoms with Gasteiger partial charge in [-0.1, -0.05) is 24.6 Å². The first-order valence-electron chi connectivity index (χ1n) is 7.44. The summed E-state index contributed by atoms with van der Waals surface area (Å²) in [4.78, 5) is 9.11. The summed E-state index contributed by atoms with van der Waals surface area (Å²) in [6.07, 6.45) is 2.81. The number of nitrogens with zero attached hydrogens (tertiary/aromatic N) is 4. The van der Waals surface area contributed by atoms with E-state index in [9.17, 15) is 0 Å². The van der Waals surface area contributed by atoms with Crippen molar-refractivity contribution in [2.24, 2.45) is 7.05 Å². The molecule has 6 nitrogen and oxygen atoms in total. The van der Waals surface area contributed by atoms with Crippen molar-refractivity contribution in [3.63, 3.8) is 0 Å². The molecular formula is C16H20N6. The monoisotopic (exact) mass is 296 g/mol. The summed E-state index contributed by atoms with van der Waals surface area (Å²) in [6, 6.07) is 8.22. The summed E-state index contributed by atoms with van der Waals surface area (Å²) < 4.78 is 1.76. The number of aromatic nitrogens is 4. The van der Waals surface area contributed by atoms with Crippen molar-refractivity contribution in [3.05, 3.63) is 36.0 Å². The molecule has 0 bridgehead atoms. The number of benzene rings is 1. The second kappa shape index (κ2) is 6.01. The quantitative estimate of drug-likeness (QED) is 0.756. The average molecular weight is 296 g/mol. The molecule has 0 aliphatic heterocycles. The molecule has 0 aliphatic carbocycles. The summed E-state index contributed by atoms with van der Waals surface area (Å²) >= 11 is 0. The third kappa shape index (κ3) is 2.86. The topological polar surface area (TPSA) is 67.7 Å². The van der Waals surface area contributed by atoms with Crippen LogP contribution >= 0.6 is 0 Å². The van der Waals surface area contributed by atoms with Crippen LogP contribution in [0, 0.1) is 6.92 Å². The highest BCUT2D eigenvalue weighted by Crippen LogP contribution is 2.24. The van der Waals surface area contributed by atoms with Gasteiger partial charge in [0.1, 0.15) is 5.82 Å². The SMILES string of the molecule is CCCNc1nc(Nc2ccc(C)cc2)c2cnn(C)c2n1. The number of rotatable bonds is 5. The zero-order valence-corrected chi connectivity index (χ0v) is 13.1. The molecule has 0 aliphatic rings. The maximum Gasteiger partial charge on any atom is 0.226 e. The molecule has 0 unspecified atom stereocenters. The fourth-order valence-corrected chi connectivity index (χ4v) is 2.21. The molecule has 0 amide bonds. The molecule has 6 heteroatoms. The summed E-state index contributed by atoms with van der Waals surface area (Å²) in [5.74, 6) is 1.38. The Kier molecular flexibility index (Phi) is 3.91. The van der Waals surface area contributed by atoms with E-state index in [0.29, 0.717) is 5.95 Å². The molecule has 0 spiro atoms. The molecule has 22 heavy (non-hydrogen) atoms. The minimum absolute atomic E-state index is 0.618. The van der Waals surface area contributed by atoms with E-state index in [2.05, 4.69) is 51.7 Å². The van der Waals surface area contributed by atoms with E-state index in [1.165, 1.54) is 5.56 Å². The van der Waals surface area contributed by atoms with Crippen molar-refractivity contribution < 1.29 is 0 Å². The third-order valence-corrected chi connectivity index (χ3v) is 3.44. The van der Waals surface area contributed by atoms with Crippen LogP contribution < -0.4 is 10.6 Å². The first kappa shape index (κ1) is 14.3. The maximum absolute atomic E-state index is 4.58. The molecule has 3 rings (SSSR count). The lowest BCUT2D eigenvalue weighted by Crippen LogP contribution is -2.07. The summed E-state index contributed by atoms with van der Waals surface area (Å²) in [5.41, 5.74) is 3.03. The van der Waals surface area contributed by atoms with Crippen molar-refractivity contribution in [1.82, 2.24) is 19.7 Å². The minimum atomic E-state index is 0.618. The Bertz CT molecular complexity index is 775. The highest BCUT2D eigenvalue weighted by molar-refractivity contribution is 5.89. The Morgan fingerprint density at radius 1 is 1.14 bits per heavy atom. The van der Waals surface area contributed by atoms with Crippen molar-refractivity contribution in [2.45, 2.75) is 20.3 Å². The fraction of sp³-hybridized carbons (Fsp3) is 0.312. The van der Waals surface area contributed by atoms with Gasteiger partial charge >= 0.3 is 0 Å². The number of aryl methyl sites for hydroxylation is 2. The van der Waals surface area contributed by atoms with Crippen LogP contribution in [0.2, 0.25) is 0 Å². The zero-order chi connectivity index (χ0) is 15.5. The lowest BCUT2D eigenvalue weighted by atomic mass is 10.2. The van der Waals surface area contributed by atoms with E-state index in [4.69, 9.17) is 0 Å². The number of anilines is 3. The Morgan fingerprint density at radius 2 is 1.91 bits per heavy atom. The molecule has 2 aromatic heterocycles. The first-order chi connectivity index (χ1) is 10.7. The van der Waals surface area contributed by atoms with Crippen LogP contribution in [0.1, 0.15) is 18.9 Å². The highest BCUT2D eigenvalue weighted by Gasteiger charge is 2.11. The average Bonchev–Trinajstić information content (AvgIpc) is 2.89. The van der Waals surface area contributed by atoms with Crippen molar-refractivity contribution in [1.29, 1.82) is 0 Å². The second-order valence-corrected chi connectivity index (χ2v) is 5.32. The fourth-order valence-electron chi connectivity index (χ4n) is 2.21. The van der Waals surface area contributed by atoms with Gasteiger partial charge < -0.3 is 10.6 Å². The molecule has 114 valence electrons. The summed E-state index contributed by atoms with van der Waals surface area (Å²) in [6.45, 7) is 5.02. The van der Waals surface area contributed by atoms with E-state index in [-0.39, 0.29) is 0 Å². The van der Waals surface area contributed by atoms with Crippen molar-refractivity contribution in [2.75, 3.05) is 17.2 Å². The molecule has 3 aromatic rings. The second-order valence-electron chi connectivity index (χ2n) is 5.32. The Labute approximate surface area is 129 Å². The van der Waals surface area contributed by atoms with Gasteiger partial charge in [-0.15, -0.1) is 0 Å². The number of fused-ring (bicyclic) bond motifs is 1. The molecule has 2 heterocycles. The van der Waals surface area contributed by atoms with Crippen LogP contribution in [-0.4, -0.2) is 26.3 Å². The minimum Gasteiger partial charge on any atom is -0.354 e. The maximum atomic E-state index is 4.58. The summed E-state index contributed by atoms with van der Waals surface area (Å²) in [7, 11) is 1.88. The van der Waals surface area contributed by atoms with Crippen LogP contribution in [0.3, 0.4) is 0 Å². The van der Waals surface area contributed by atoms with Crippen LogP contribution in [0.5, 0.6) is 0 Å². The van der Waals surface area contributed by atoms with Gasteiger partial charge in [0.15, 0.2) is 5.65 Å². The van der Waals surface area contributed by atoms with Gasteiger partial charge in [-0.05, 0) is 25.5 Å². The molecule has 0 saturated heterocycles. The van der Waals surface area contributed by atoms with E-state index in [1.54, 1.807) is 10.9 Å². The third-order valence-electron chi connectivity index (χ3n) is 3.44. The normalized spacial score (nSPS) is 10.9. The van der Waals surface area contributed by atoms with Crippen LogP contribution in [0.4, 0.5) is 17.5 Å². The number of nitrogens with one attached hydrogen (secondary N) is 2. The predicted molar refractivity (Wildman–Crippen MR) is 89.5 cm³/mol. The van der Waals surface area contributed by atoms with Gasteiger partial charge in [-0.3, -0.25) is 4.68 Å². The van der Waals surface area contributed by atoms with Gasteiger partial charge in [0.25, 0.3) is 0 Å². The van der Waals surface area contributed by atoms with E-state index in [1.807, 2.05) is 19.2 Å². The molecule has 0 radical (unpaired) electrons. The Morgan fingerprint density at radius 3 is 2.64 bits per heavy atom. The van der Waals surface area contributed by atoms with Crippen molar-refractivity contribution in [3.8, 4) is 0 Å². The van der Waals surface area contributed by atoms with E-state index >= 15 is 0 Å². The van der Waals surface area contributed by atoms with Gasteiger partial charge in [-0.25, -0.2) is 0 Å². The lowest BCUT2D eigenvalue weighted by Gasteiger charge is -2.10. The molecule has 0 fully saturated rings. The van der Waals surface area contributed by atoms with Crippen molar-refractivity contribution >= 4 is 28.5 Å². The molecule has 0 saturated carbocycles. The first-order valence-corrected chi connectivity index (χ1v) is 7.44. The molecule has 0 atom stereocenters. The zero-order valence-electron chi connectivity index (χ0n) is 13.1. The van der Waals surface area contributed by atoms with E-state index < -0.39 is 0 Å².